The number of thiazole rings is 1. The van der Waals surface area contributed by atoms with Crippen molar-refractivity contribution >= 4 is 33.1 Å². The first-order chi connectivity index (χ1) is 7.60. The molecule has 2 aromatic rings. The third kappa shape index (κ3) is 1.94. The molecule has 0 fully saturated rings. The summed E-state index contributed by atoms with van der Waals surface area (Å²) in [6.07, 6.45) is 1.14. The van der Waals surface area contributed by atoms with Crippen molar-refractivity contribution in [3.05, 3.63) is 35.6 Å². The second kappa shape index (κ2) is 4.02. The van der Waals surface area contributed by atoms with Gasteiger partial charge in [0.2, 0.25) is 5.91 Å². The zero-order valence-corrected chi connectivity index (χ0v) is 9.40. The maximum Gasteiger partial charge on any atom is 0.247 e. The van der Waals surface area contributed by atoms with Crippen LogP contribution in [0.4, 0.5) is 10.1 Å². The maximum absolute atomic E-state index is 13.6. The van der Waals surface area contributed by atoms with Crippen LogP contribution < -0.4 is 5.32 Å². The van der Waals surface area contributed by atoms with Gasteiger partial charge in [-0.15, -0.1) is 11.3 Å². The van der Waals surface area contributed by atoms with Gasteiger partial charge in [0.15, 0.2) is 5.82 Å². The number of rotatable bonds is 2. The molecule has 2 rings (SSSR count). The summed E-state index contributed by atoms with van der Waals surface area (Å²) in [5.74, 6) is -0.791. The van der Waals surface area contributed by atoms with E-state index in [1.165, 1.54) is 17.4 Å². The van der Waals surface area contributed by atoms with Crippen molar-refractivity contribution in [1.82, 2.24) is 4.98 Å². The quantitative estimate of drug-likeness (QED) is 0.815. The summed E-state index contributed by atoms with van der Waals surface area (Å²) in [6, 6.07) is 2.95. The van der Waals surface area contributed by atoms with Crippen LogP contribution in [-0.2, 0) is 4.79 Å². The molecule has 82 valence electrons. The van der Waals surface area contributed by atoms with E-state index in [0.29, 0.717) is 11.2 Å². The van der Waals surface area contributed by atoms with E-state index in [1.54, 1.807) is 6.07 Å². The molecule has 3 nitrogen and oxygen atoms in total. The third-order valence-corrected chi connectivity index (χ3v) is 2.93. The van der Waals surface area contributed by atoms with Crippen LogP contribution >= 0.6 is 11.3 Å². The summed E-state index contributed by atoms with van der Waals surface area (Å²) >= 11 is 1.39. The Morgan fingerprint density at radius 3 is 3.06 bits per heavy atom. The van der Waals surface area contributed by atoms with Crippen molar-refractivity contribution in [1.29, 1.82) is 0 Å². The lowest BCUT2D eigenvalue weighted by molar-refractivity contribution is -0.111. The summed E-state index contributed by atoms with van der Waals surface area (Å²) in [5.41, 5.74) is 0.762. The van der Waals surface area contributed by atoms with Crippen LogP contribution in [0, 0.1) is 12.7 Å². The Morgan fingerprint density at radius 1 is 1.62 bits per heavy atom. The molecule has 5 heteroatoms. The average molecular weight is 236 g/mol. The molecule has 0 aliphatic carbocycles. The number of benzene rings is 1. The van der Waals surface area contributed by atoms with Crippen LogP contribution in [0.3, 0.4) is 0 Å². The van der Waals surface area contributed by atoms with Crippen molar-refractivity contribution in [2.75, 3.05) is 5.32 Å². The molecule has 0 aliphatic rings. The highest BCUT2D eigenvalue weighted by atomic mass is 32.1. The Kier molecular flexibility index (Phi) is 2.70. The first-order valence-corrected chi connectivity index (χ1v) is 5.42. The number of anilines is 1. The Bertz CT molecular complexity index is 577. The number of carbonyl (C=O) groups excluding carboxylic acids is 1. The molecule has 1 heterocycles. The molecule has 0 spiro atoms. The molecule has 0 atom stereocenters. The molecule has 1 amide bonds. The molecule has 16 heavy (non-hydrogen) atoms. The summed E-state index contributed by atoms with van der Waals surface area (Å²) in [5, 5.41) is 3.31. The maximum atomic E-state index is 13.6. The van der Waals surface area contributed by atoms with Crippen LogP contribution in [0.2, 0.25) is 0 Å². The lowest BCUT2D eigenvalue weighted by Crippen LogP contribution is -2.07. The molecule has 0 radical (unpaired) electrons. The van der Waals surface area contributed by atoms with Crippen LogP contribution in [0.1, 0.15) is 5.01 Å². The smallest absolute Gasteiger partial charge is 0.247 e. The number of carbonyl (C=O) groups is 1. The van der Waals surface area contributed by atoms with E-state index in [1.807, 2.05) is 6.92 Å². The summed E-state index contributed by atoms with van der Waals surface area (Å²) in [6.45, 7) is 5.14. The predicted octanol–water partition coefficient (Wildman–Crippen LogP) is 2.87. The van der Waals surface area contributed by atoms with Crippen LogP contribution in [0.5, 0.6) is 0 Å². The largest absolute Gasteiger partial charge is 0.322 e. The standard InChI is InChI=1S/C11H9FN2OS/c1-3-10(15)14-7-4-8(12)11-9(5-7)16-6(2)13-11/h3-5H,1H2,2H3,(H,14,15). The lowest BCUT2D eigenvalue weighted by atomic mass is 10.3. The van der Waals surface area contributed by atoms with Crippen molar-refractivity contribution in [2.24, 2.45) is 0 Å². The van der Waals surface area contributed by atoms with Crippen LogP contribution in [-0.4, -0.2) is 10.9 Å². The predicted molar refractivity (Wildman–Crippen MR) is 63.1 cm³/mol. The second-order valence-electron chi connectivity index (χ2n) is 3.23. The monoisotopic (exact) mass is 236 g/mol. The fourth-order valence-electron chi connectivity index (χ4n) is 1.36. The van der Waals surface area contributed by atoms with Gasteiger partial charge < -0.3 is 5.32 Å². The number of nitrogens with zero attached hydrogens (tertiary/aromatic N) is 1. The zero-order chi connectivity index (χ0) is 11.7. The first kappa shape index (κ1) is 10.8. The fourth-order valence-corrected chi connectivity index (χ4v) is 2.25. The van der Waals surface area contributed by atoms with E-state index < -0.39 is 5.82 Å². The molecule has 0 unspecified atom stereocenters. The highest BCUT2D eigenvalue weighted by molar-refractivity contribution is 7.18. The Hall–Kier alpha value is -1.75. The number of hydrogen-bond acceptors (Lipinski definition) is 3. The summed E-state index contributed by atoms with van der Waals surface area (Å²) < 4.78 is 14.3. The Balaban J connectivity index is 2.48. The van der Waals surface area contributed by atoms with Gasteiger partial charge >= 0.3 is 0 Å². The molecule has 0 bridgehead atoms. The van der Waals surface area contributed by atoms with Gasteiger partial charge in [-0.1, -0.05) is 6.58 Å². The van der Waals surface area contributed by atoms with Gasteiger partial charge in [0, 0.05) is 5.69 Å². The first-order valence-electron chi connectivity index (χ1n) is 4.60. The van der Waals surface area contributed by atoms with Crippen molar-refractivity contribution in [3.63, 3.8) is 0 Å². The molecule has 0 saturated carbocycles. The van der Waals surface area contributed by atoms with Gasteiger partial charge in [-0.2, -0.15) is 0 Å². The van der Waals surface area contributed by atoms with E-state index in [9.17, 15) is 9.18 Å². The molecular formula is C11H9FN2OS. The van der Waals surface area contributed by atoms with E-state index >= 15 is 0 Å². The zero-order valence-electron chi connectivity index (χ0n) is 8.58. The summed E-state index contributed by atoms with van der Waals surface area (Å²) in [4.78, 5) is 15.1. The van der Waals surface area contributed by atoms with Crippen molar-refractivity contribution in [3.8, 4) is 0 Å². The summed E-state index contributed by atoms with van der Waals surface area (Å²) in [7, 11) is 0. The highest BCUT2D eigenvalue weighted by Gasteiger charge is 2.09. The van der Waals surface area contributed by atoms with Gasteiger partial charge in [-0.05, 0) is 25.1 Å². The minimum atomic E-state index is -0.429. The van der Waals surface area contributed by atoms with Gasteiger partial charge in [0.1, 0.15) is 5.52 Å². The lowest BCUT2D eigenvalue weighted by Gasteiger charge is -2.02. The van der Waals surface area contributed by atoms with E-state index in [-0.39, 0.29) is 5.91 Å². The normalized spacial score (nSPS) is 10.4. The minimum Gasteiger partial charge on any atom is -0.322 e. The molecule has 1 aromatic carbocycles. The van der Waals surface area contributed by atoms with E-state index in [2.05, 4.69) is 16.9 Å². The number of halogens is 1. The number of amides is 1. The average Bonchev–Trinajstić information content (AvgIpc) is 2.59. The number of fused-ring (bicyclic) bond motifs is 1. The number of nitrogens with one attached hydrogen (secondary N) is 1. The third-order valence-electron chi connectivity index (χ3n) is 2.01. The number of aryl methyl sites for hydroxylation is 1. The van der Waals surface area contributed by atoms with Gasteiger partial charge in [-0.25, -0.2) is 9.37 Å². The molecule has 0 aliphatic heterocycles. The van der Waals surface area contributed by atoms with Crippen molar-refractivity contribution < 1.29 is 9.18 Å². The Labute approximate surface area is 95.6 Å². The van der Waals surface area contributed by atoms with Crippen molar-refractivity contribution in [2.45, 2.75) is 6.92 Å². The number of aromatic nitrogens is 1. The van der Waals surface area contributed by atoms with Gasteiger partial charge in [0.05, 0.1) is 9.71 Å². The van der Waals surface area contributed by atoms with E-state index in [4.69, 9.17) is 0 Å². The number of hydrogen-bond donors (Lipinski definition) is 1. The molecule has 1 aromatic heterocycles. The topological polar surface area (TPSA) is 42.0 Å². The fraction of sp³-hybridized carbons (Fsp3) is 0.0909. The second-order valence-corrected chi connectivity index (χ2v) is 4.47. The van der Waals surface area contributed by atoms with Gasteiger partial charge in [0.25, 0.3) is 0 Å². The van der Waals surface area contributed by atoms with E-state index in [0.717, 1.165) is 15.8 Å². The highest BCUT2D eigenvalue weighted by Crippen LogP contribution is 2.27. The van der Waals surface area contributed by atoms with Gasteiger partial charge in [-0.3, -0.25) is 4.79 Å². The SMILES string of the molecule is C=CC(=O)Nc1cc(F)c2nc(C)sc2c1. The molecule has 1 N–H and O–H groups in total. The molecule has 0 saturated heterocycles. The van der Waals surface area contributed by atoms with Crippen LogP contribution in [0.15, 0.2) is 24.8 Å². The minimum absolute atomic E-state index is 0.346. The Morgan fingerprint density at radius 2 is 2.38 bits per heavy atom. The van der Waals surface area contributed by atoms with Crippen LogP contribution in [0.25, 0.3) is 10.2 Å². The molecular weight excluding hydrogens is 227 g/mol.